The Morgan fingerprint density at radius 1 is 1.08 bits per heavy atom. The number of hydrogen-bond acceptors (Lipinski definition) is 4. The predicted molar refractivity (Wildman–Crippen MR) is 102 cm³/mol. The third-order valence-electron chi connectivity index (χ3n) is 4.29. The summed E-state index contributed by atoms with van der Waals surface area (Å²) in [6.07, 6.45) is 6.91. The Morgan fingerprint density at radius 3 is 2.48 bits per heavy atom. The van der Waals surface area contributed by atoms with E-state index in [9.17, 15) is 10.1 Å². The van der Waals surface area contributed by atoms with E-state index >= 15 is 0 Å². The van der Waals surface area contributed by atoms with Crippen LogP contribution in [0.3, 0.4) is 0 Å². The van der Waals surface area contributed by atoms with Crippen molar-refractivity contribution in [3.05, 3.63) is 76.1 Å². The second-order valence-electron chi connectivity index (χ2n) is 5.98. The van der Waals surface area contributed by atoms with Crippen LogP contribution in [-0.4, -0.2) is 23.8 Å². The van der Waals surface area contributed by atoms with Crippen molar-refractivity contribution in [2.45, 2.75) is 19.3 Å². The Kier molecular flexibility index (Phi) is 5.81. The number of nitrogens with zero attached hydrogens (tertiary/aromatic N) is 2. The van der Waals surface area contributed by atoms with Gasteiger partial charge in [-0.1, -0.05) is 36.4 Å². The van der Waals surface area contributed by atoms with Crippen molar-refractivity contribution in [1.29, 1.82) is 5.26 Å². The smallest absolute Gasteiger partial charge is 0.194 e. The number of carbonyl (C=O) groups excluding carboxylic acids is 1. The zero-order valence-electron chi connectivity index (χ0n) is 14.0. The molecule has 0 N–H and O–H groups in total. The molecular weight excluding hydrogens is 328 g/mol. The molecule has 1 aromatic carbocycles. The molecule has 0 atom stereocenters. The standard InChI is InChI=1S/C21H20N2OS/c22-12-11-18(23-13-5-2-6-14-23)16-19(20-10-7-15-25-20)21(24)17-8-3-1-4-9-17/h1,3-4,7-11,15-16H,2,5-6,13-14H2/b18-11+,19-16-. The van der Waals surface area contributed by atoms with Crippen molar-refractivity contribution in [3.63, 3.8) is 0 Å². The number of rotatable bonds is 5. The molecule has 3 nitrogen and oxygen atoms in total. The fourth-order valence-corrected chi connectivity index (χ4v) is 3.76. The van der Waals surface area contributed by atoms with Gasteiger partial charge in [0.1, 0.15) is 0 Å². The minimum Gasteiger partial charge on any atom is -0.371 e. The molecule has 3 rings (SSSR count). The van der Waals surface area contributed by atoms with Gasteiger partial charge in [0.25, 0.3) is 0 Å². The van der Waals surface area contributed by atoms with E-state index in [1.165, 1.54) is 6.42 Å². The third kappa shape index (κ3) is 4.26. The number of carbonyl (C=O) groups is 1. The van der Waals surface area contributed by atoms with Crippen molar-refractivity contribution in [2.75, 3.05) is 13.1 Å². The molecule has 0 radical (unpaired) electrons. The molecule has 2 aromatic rings. The highest BCUT2D eigenvalue weighted by atomic mass is 32.1. The van der Waals surface area contributed by atoms with E-state index in [0.717, 1.165) is 36.5 Å². The Morgan fingerprint density at radius 2 is 1.84 bits per heavy atom. The number of hydrogen-bond donors (Lipinski definition) is 0. The molecule has 25 heavy (non-hydrogen) atoms. The van der Waals surface area contributed by atoms with E-state index < -0.39 is 0 Å². The van der Waals surface area contributed by atoms with Crippen LogP contribution in [0.1, 0.15) is 34.5 Å². The van der Waals surface area contributed by atoms with Crippen LogP contribution in [0.4, 0.5) is 0 Å². The van der Waals surface area contributed by atoms with Gasteiger partial charge in [0, 0.05) is 40.9 Å². The summed E-state index contributed by atoms with van der Waals surface area (Å²) in [5.41, 5.74) is 2.14. The first-order valence-corrected chi connectivity index (χ1v) is 9.37. The molecule has 2 heterocycles. The first-order chi connectivity index (χ1) is 12.3. The molecule has 1 aromatic heterocycles. The molecule has 126 valence electrons. The van der Waals surface area contributed by atoms with Crippen LogP contribution < -0.4 is 0 Å². The molecule has 0 unspecified atom stereocenters. The van der Waals surface area contributed by atoms with Gasteiger partial charge in [0.15, 0.2) is 5.78 Å². The second-order valence-corrected chi connectivity index (χ2v) is 6.92. The zero-order valence-corrected chi connectivity index (χ0v) is 14.8. The summed E-state index contributed by atoms with van der Waals surface area (Å²) < 4.78 is 0. The van der Waals surface area contributed by atoms with Crippen LogP contribution in [0.5, 0.6) is 0 Å². The molecule has 1 saturated heterocycles. The summed E-state index contributed by atoms with van der Waals surface area (Å²) in [7, 11) is 0. The molecule has 1 fully saturated rings. The maximum Gasteiger partial charge on any atom is 0.194 e. The SMILES string of the molecule is N#C/C=C(\C=C(/C(=O)c1ccccc1)c1cccs1)N1CCCCC1. The number of ketones is 1. The third-order valence-corrected chi connectivity index (χ3v) is 5.20. The van der Waals surface area contributed by atoms with Crippen molar-refractivity contribution >= 4 is 22.7 Å². The highest BCUT2D eigenvalue weighted by molar-refractivity contribution is 7.11. The Hall–Kier alpha value is -2.64. The first-order valence-electron chi connectivity index (χ1n) is 8.49. The second kappa shape index (κ2) is 8.46. The minimum absolute atomic E-state index is 0.0103. The van der Waals surface area contributed by atoms with E-state index in [2.05, 4.69) is 11.0 Å². The van der Waals surface area contributed by atoms with Gasteiger partial charge < -0.3 is 4.90 Å². The van der Waals surface area contributed by atoms with Gasteiger partial charge in [-0.15, -0.1) is 11.3 Å². The van der Waals surface area contributed by atoms with Crippen LogP contribution in [-0.2, 0) is 0 Å². The van der Waals surface area contributed by atoms with Crippen molar-refractivity contribution in [1.82, 2.24) is 4.90 Å². The molecule has 0 bridgehead atoms. The monoisotopic (exact) mass is 348 g/mol. The number of allylic oxidation sites excluding steroid dienone is 3. The fraction of sp³-hybridized carbons (Fsp3) is 0.238. The maximum atomic E-state index is 13.1. The van der Waals surface area contributed by atoms with Gasteiger partial charge >= 0.3 is 0 Å². The largest absolute Gasteiger partial charge is 0.371 e. The fourth-order valence-electron chi connectivity index (χ4n) is 3.02. The number of thiophene rings is 1. The minimum atomic E-state index is -0.0103. The Labute approximate surface area is 152 Å². The summed E-state index contributed by atoms with van der Waals surface area (Å²) >= 11 is 1.54. The number of piperidine rings is 1. The van der Waals surface area contributed by atoms with Gasteiger partial charge in [0.2, 0.25) is 0 Å². The number of nitriles is 1. The van der Waals surface area contributed by atoms with Crippen molar-refractivity contribution in [2.24, 2.45) is 0 Å². The van der Waals surface area contributed by atoms with Gasteiger partial charge in [-0.25, -0.2) is 0 Å². The van der Waals surface area contributed by atoms with Crippen LogP contribution >= 0.6 is 11.3 Å². The topological polar surface area (TPSA) is 44.1 Å². The summed E-state index contributed by atoms with van der Waals surface area (Å²) in [6, 6.07) is 15.3. The molecule has 0 saturated carbocycles. The number of likely N-dealkylation sites (tertiary alicyclic amines) is 1. The lowest BCUT2D eigenvalue weighted by atomic mass is 10.00. The normalized spacial score (nSPS) is 15.7. The predicted octanol–water partition coefficient (Wildman–Crippen LogP) is 4.91. The maximum absolute atomic E-state index is 13.1. The van der Waals surface area contributed by atoms with E-state index in [1.807, 2.05) is 53.9 Å². The van der Waals surface area contributed by atoms with Crippen LogP contribution in [0, 0.1) is 11.3 Å². The molecule has 0 amide bonds. The lowest BCUT2D eigenvalue weighted by Crippen LogP contribution is -2.28. The van der Waals surface area contributed by atoms with Crippen LogP contribution in [0.15, 0.2) is 65.7 Å². The molecule has 1 aliphatic rings. The Bertz CT molecular complexity index is 807. The average Bonchev–Trinajstić information content (AvgIpc) is 3.20. The molecule has 4 heteroatoms. The van der Waals surface area contributed by atoms with Gasteiger partial charge in [-0.05, 0) is 36.8 Å². The number of Topliss-reactive ketones (excluding diaryl/α,β-unsaturated/α-hetero) is 1. The zero-order chi connectivity index (χ0) is 17.5. The highest BCUT2D eigenvalue weighted by Gasteiger charge is 2.18. The van der Waals surface area contributed by atoms with E-state index in [1.54, 1.807) is 17.4 Å². The molecule has 0 spiro atoms. The lowest BCUT2D eigenvalue weighted by molar-refractivity contribution is 0.105. The highest BCUT2D eigenvalue weighted by Crippen LogP contribution is 2.27. The average molecular weight is 348 g/mol. The summed E-state index contributed by atoms with van der Waals surface area (Å²) in [4.78, 5) is 16.2. The quantitative estimate of drug-likeness (QED) is 0.334. The van der Waals surface area contributed by atoms with E-state index in [-0.39, 0.29) is 5.78 Å². The van der Waals surface area contributed by atoms with Crippen LogP contribution in [0.25, 0.3) is 5.57 Å². The Balaban J connectivity index is 2.01. The van der Waals surface area contributed by atoms with Crippen LogP contribution in [0.2, 0.25) is 0 Å². The van der Waals surface area contributed by atoms with E-state index in [4.69, 9.17) is 0 Å². The van der Waals surface area contributed by atoms with Crippen molar-refractivity contribution in [3.8, 4) is 6.07 Å². The summed E-state index contributed by atoms with van der Waals surface area (Å²) in [6.45, 7) is 1.86. The molecule has 0 aliphatic carbocycles. The number of benzene rings is 1. The van der Waals surface area contributed by atoms with Gasteiger partial charge in [-0.2, -0.15) is 5.26 Å². The van der Waals surface area contributed by atoms with Gasteiger partial charge in [0.05, 0.1) is 6.07 Å². The summed E-state index contributed by atoms with van der Waals surface area (Å²) in [5.74, 6) is -0.0103. The molecular formula is C21H20N2OS. The first kappa shape index (κ1) is 17.2. The lowest BCUT2D eigenvalue weighted by Gasteiger charge is -2.29. The summed E-state index contributed by atoms with van der Waals surface area (Å²) in [5, 5.41) is 11.2. The van der Waals surface area contributed by atoms with Gasteiger partial charge in [-0.3, -0.25) is 4.79 Å². The van der Waals surface area contributed by atoms with Crippen molar-refractivity contribution < 1.29 is 4.79 Å². The van der Waals surface area contributed by atoms with E-state index in [0.29, 0.717) is 11.1 Å². The molecule has 1 aliphatic heterocycles.